The van der Waals surface area contributed by atoms with Gasteiger partial charge in [-0.05, 0) is 36.8 Å². The van der Waals surface area contributed by atoms with E-state index in [0.717, 1.165) is 11.6 Å². The van der Waals surface area contributed by atoms with Crippen LogP contribution in [-0.2, 0) is 12.6 Å². The average molecular weight is 433 g/mol. The topological polar surface area (TPSA) is 29.9 Å². The van der Waals surface area contributed by atoms with Crippen molar-refractivity contribution in [3.63, 3.8) is 0 Å². The molecule has 0 radical (unpaired) electrons. The highest BCUT2D eigenvalue weighted by Crippen LogP contribution is 2.40. The van der Waals surface area contributed by atoms with Crippen molar-refractivity contribution in [1.82, 2.24) is 9.78 Å². The molecule has 0 fully saturated rings. The lowest BCUT2D eigenvalue weighted by Gasteiger charge is -2.11. The van der Waals surface area contributed by atoms with Crippen molar-refractivity contribution in [3.05, 3.63) is 62.6 Å². The third-order valence-corrected chi connectivity index (χ3v) is 5.22. The van der Waals surface area contributed by atoms with E-state index >= 15 is 0 Å². The summed E-state index contributed by atoms with van der Waals surface area (Å²) in [5.41, 5.74) is 1.26. The molecule has 2 aromatic carbocycles. The van der Waals surface area contributed by atoms with E-state index in [-0.39, 0.29) is 5.02 Å². The van der Waals surface area contributed by atoms with E-state index in [1.165, 1.54) is 12.1 Å². The van der Waals surface area contributed by atoms with Crippen LogP contribution in [0.2, 0.25) is 15.1 Å². The van der Waals surface area contributed by atoms with Crippen LogP contribution in [0.1, 0.15) is 11.1 Å². The number of alkyl halides is 3. The molecule has 9 heteroatoms. The van der Waals surface area contributed by atoms with Crippen LogP contribution < -0.4 is 5.32 Å². The predicted octanol–water partition coefficient (Wildman–Crippen LogP) is 6.49. The van der Waals surface area contributed by atoms with Crippen LogP contribution in [0.25, 0.3) is 16.9 Å². The molecule has 1 N–H and O–H groups in total. The van der Waals surface area contributed by atoms with Gasteiger partial charge in [-0.3, -0.25) is 0 Å². The number of hydrogen-bond acceptors (Lipinski definition) is 2. The van der Waals surface area contributed by atoms with Gasteiger partial charge in [0.1, 0.15) is 5.82 Å². The maximum atomic E-state index is 13.2. The van der Waals surface area contributed by atoms with Crippen molar-refractivity contribution < 1.29 is 13.2 Å². The van der Waals surface area contributed by atoms with Crippen LogP contribution in [0.15, 0.2) is 36.4 Å². The van der Waals surface area contributed by atoms with E-state index in [4.69, 9.17) is 34.8 Å². The normalized spacial score (nSPS) is 13.6. The Morgan fingerprint density at radius 3 is 2.48 bits per heavy atom. The second-order valence-corrected chi connectivity index (χ2v) is 7.30. The molecular weight excluding hydrogens is 422 g/mol. The molecule has 1 aliphatic rings. The summed E-state index contributed by atoms with van der Waals surface area (Å²) < 4.78 is 41.3. The Bertz CT molecular complexity index is 1040. The Morgan fingerprint density at radius 2 is 1.74 bits per heavy atom. The fraction of sp³-hybridized carbons (Fsp3) is 0.167. The minimum atomic E-state index is -4.55. The second-order valence-electron chi connectivity index (χ2n) is 6.05. The first-order valence-electron chi connectivity index (χ1n) is 7.94. The van der Waals surface area contributed by atoms with Gasteiger partial charge >= 0.3 is 6.18 Å². The van der Waals surface area contributed by atoms with Crippen LogP contribution >= 0.6 is 34.8 Å². The van der Waals surface area contributed by atoms with Crippen LogP contribution in [0.5, 0.6) is 0 Å². The molecule has 2 heterocycles. The highest BCUT2D eigenvalue weighted by Gasteiger charge is 2.34. The van der Waals surface area contributed by atoms with Crippen LogP contribution in [0, 0.1) is 0 Å². The Hall–Kier alpha value is -1.89. The lowest BCUT2D eigenvalue weighted by atomic mass is 10.0. The zero-order valence-electron chi connectivity index (χ0n) is 13.5. The SMILES string of the molecule is FC(F)(F)c1cc(-c2nn(-c3cc(Cl)ccc3Cl)c3c2CCN3)ccc1Cl. The minimum absolute atomic E-state index is 0.337. The monoisotopic (exact) mass is 431 g/mol. The summed E-state index contributed by atoms with van der Waals surface area (Å²) in [6.07, 6.45) is -3.92. The van der Waals surface area contributed by atoms with Crippen molar-refractivity contribution in [2.24, 2.45) is 0 Å². The number of fused-ring (bicyclic) bond motifs is 1. The van der Waals surface area contributed by atoms with E-state index in [2.05, 4.69) is 10.4 Å². The molecule has 0 saturated heterocycles. The molecule has 0 amide bonds. The fourth-order valence-electron chi connectivity index (χ4n) is 3.12. The molecule has 0 spiro atoms. The molecule has 3 nitrogen and oxygen atoms in total. The number of halogens is 6. The number of nitrogens with one attached hydrogen (secondary N) is 1. The lowest BCUT2D eigenvalue weighted by molar-refractivity contribution is -0.137. The predicted molar refractivity (Wildman–Crippen MR) is 101 cm³/mol. The number of benzene rings is 2. The molecule has 0 aliphatic carbocycles. The van der Waals surface area contributed by atoms with Crippen molar-refractivity contribution >= 4 is 40.6 Å². The number of rotatable bonds is 2. The van der Waals surface area contributed by atoms with Gasteiger partial charge in [0, 0.05) is 22.7 Å². The summed E-state index contributed by atoms with van der Waals surface area (Å²) in [5, 5.41) is 8.29. The average Bonchev–Trinajstić information content (AvgIpc) is 3.19. The fourth-order valence-corrected chi connectivity index (χ4v) is 3.71. The Kier molecular flexibility index (Phi) is 4.53. The summed E-state index contributed by atoms with van der Waals surface area (Å²) >= 11 is 18.1. The van der Waals surface area contributed by atoms with Crippen LogP contribution in [0.3, 0.4) is 0 Å². The number of nitrogens with zero attached hydrogens (tertiary/aromatic N) is 2. The quantitative estimate of drug-likeness (QED) is 0.502. The smallest absolute Gasteiger partial charge is 0.369 e. The van der Waals surface area contributed by atoms with Gasteiger partial charge in [-0.15, -0.1) is 0 Å². The third kappa shape index (κ3) is 3.26. The highest BCUT2D eigenvalue weighted by atomic mass is 35.5. The van der Waals surface area contributed by atoms with E-state index in [1.54, 1.807) is 22.9 Å². The van der Waals surface area contributed by atoms with Gasteiger partial charge in [0.25, 0.3) is 0 Å². The standard InChI is InChI=1S/C18H11Cl3F3N3/c19-10-2-4-14(21)15(8-10)27-17-11(5-6-25-17)16(26-27)9-1-3-13(20)12(7-9)18(22,23)24/h1-4,7-8,25H,5-6H2. The third-order valence-electron chi connectivity index (χ3n) is 4.33. The number of anilines is 1. The van der Waals surface area contributed by atoms with Gasteiger partial charge in [-0.25, -0.2) is 4.68 Å². The summed E-state index contributed by atoms with van der Waals surface area (Å²) in [6, 6.07) is 8.74. The summed E-state index contributed by atoms with van der Waals surface area (Å²) in [6.45, 7) is 0.651. The molecule has 27 heavy (non-hydrogen) atoms. The molecule has 0 bridgehead atoms. The van der Waals surface area contributed by atoms with Gasteiger partial charge in [-0.1, -0.05) is 40.9 Å². The molecule has 0 unspecified atom stereocenters. The lowest BCUT2D eigenvalue weighted by Crippen LogP contribution is -2.07. The van der Waals surface area contributed by atoms with Gasteiger partial charge < -0.3 is 5.32 Å². The van der Waals surface area contributed by atoms with Crippen LogP contribution in [0.4, 0.5) is 19.0 Å². The largest absolute Gasteiger partial charge is 0.417 e. The second kappa shape index (κ2) is 6.62. The minimum Gasteiger partial charge on any atom is -0.369 e. The van der Waals surface area contributed by atoms with Gasteiger partial charge in [0.15, 0.2) is 0 Å². The van der Waals surface area contributed by atoms with Crippen molar-refractivity contribution in [1.29, 1.82) is 0 Å². The summed E-state index contributed by atoms with van der Waals surface area (Å²) in [5.74, 6) is 0.692. The molecule has 0 atom stereocenters. The maximum absolute atomic E-state index is 13.2. The van der Waals surface area contributed by atoms with E-state index < -0.39 is 11.7 Å². The van der Waals surface area contributed by atoms with E-state index in [0.29, 0.717) is 45.8 Å². The van der Waals surface area contributed by atoms with Gasteiger partial charge in [-0.2, -0.15) is 18.3 Å². The summed E-state index contributed by atoms with van der Waals surface area (Å²) in [4.78, 5) is 0. The van der Waals surface area contributed by atoms with Crippen molar-refractivity contribution in [3.8, 4) is 16.9 Å². The molecule has 140 valence electrons. The first kappa shape index (κ1) is 18.5. The summed E-state index contributed by atoms with van der Waals surface area (Å²) in [7, 11) is 0. The molecule has 0 saturated carbocycles. The first-order valence-corrected chi connectivity index (χ1v) is 9.07. The first-order chi connectivity index (χ1) is 12.8. The molecule has 1 aromatic heterocycles. The Balaban J connectivity index is 1.91. The maximum Gasteiger partial charge on any atom is 0.417 e. The Labute approximate surface area is 167 Å². The van der Waals surface area contributed by atoms with Crippen molar-refractivity contribution in [2.45, 2.75) is 12.6 Å². The van der Waals surface area contributed by atoms with Crippen molar-refractivity contribution in [2.75, 3.05) is 11.9 Å². The van der Waals surface area contributed by atoms with Crippen LogP contribution in [-0.4, -0.2) is 16.3 Å². The van der Waals surface area contributed by atoms with Gasteiger partial charge in [0.05, 0.1) is 27.0 Å². The van der Waals surface area contributed by atoms with Gasteiger partial charge in [0.2, 0.25) is 0 Å². The zero-order chi connectivity index (χ0) is 19.3. The zero-order valence-corrected chi connectivity index (χ0v) is 15.8. The molecule has 3 aromatic rings. The van der Waals surface area contributed by atoms with E-state index in [1.807, 2.05) is 0 Å². The highest BCUT2D eigenvalue weighted by molar-refractivity contribution is 6.34. The van der Waals surface area contributed by atoms with E-state index in [9.17, 15) is 13.2 Å². The molecule has 4 rings (SSSR count). The number of aromatic nitrogens is 2. The number of hydrogen-bond donors (Lipinski definition) is 1. The Morgan fingerprint density at radius 1 is 1.00 bits per heavy atom. The molecular formula is C18H11Cl3F3N3. The molecule has 1 aliphatic heterocycles.